The summed E-state index contributed by atoms with van der Waals surface area (Å²) in [5.74, 6) is 0.0300. The number of rotatable bonds is 4. The van der Waals surface area contributed by atoms with Crippen molar-refractivity contribution in [3.8, 4) is 5.69 Å². The Kier molecular flexibility index (Phi) is 4.90. The second-order valence-electron chi connectivity index (χ2n) is 5.69. The van der Waals surface area contributed by atoms with E-state index in [2.05, 4.69) is 10.4 Å². The minimum absolute atomic E-state index is 0.198. The summed E-state index contributed by atoms with van der Waals surface area (Å²) in [4.78, 5) is 13.8. The summed E-state index contributed by atoms with van der Waals surface area (Å²) in [5.41, 5.74) is 2.96. The Morgan fingerprint density at radius 2 is 1.84 bits per heavy atom. The Labute approximate surface area is 150 Å². The molecule has 0 bridgehead atoms. The zero-order valence-electron chi connectivity index (χ0n) is 14.2. The lowest BCUT2D eigenvalue weighted by atomic mass is 10.1. The van der Waals surface area contributed by atoms with Crippen LogP contribution in [0.5, 0.6) is 0 Å². The van der Waals surface area contributed by atoms with E-state index < -0.39 is 0 Å². The standard InChI is InChI=1S/C19H18FN3OS/c1-12-4-9-16(25-3)11-17(12)19(24)21-18-10-13(2)22-23(18)15-7-5-14(20)6-8-15/h4-11H,1-3H3,(H,21,24). The number of benzene rings is 2. The molecule has 0 spiro atoms. The van der Waals surface area contributed by atoms with E-state index in [-0.39, 0.29) is 11.7 Å². The monoisotopic (exact) mass is 355 g/mol. The number of nitrogens with zero attached hydrogens (tertiary/aromatic N) is 2. The smallest absolute Gasteiger partial charge is 0.257 e. The van der Waals surface area contributed by atoms with Crippen LogP contribution in [0.25, 0.3) is 5.69 Å². The van der Waals surface area contributed by atoms with Gasteiger partial charge in [0, 0.05) is 16.5 Å². The Bertz CT molecular complexity index is 919. The summed E-state index contributed by atoms with van der Waals surface area (Å²) in [5, 5.41) is 7.30. The van der Waals surface area contributed by atoms with Crippen LogP contribution < -0.4 is 5.32 Å². The van der Waals surface area contributed by atoms with Crippen molar-refractivity contribution in [2.24, 2.45) is 0 Å². The summed E-state index contributed by atoms with van der Waals surface area (Å²) >= 11 is 1.59. The van der Waals surface area contributed by atoms with Gasteiger partial charge in [-0.1, -0.05) is 6.07 Å². The number of thioether (sulfide) groups is 1. The number of halogens is 1. The summed E-state index contributed by atoms with van der Waals surface area (Å²) in [6, 6.07) is 13.6. The molecule has 0 saturated heterocycles. The Morgan fingerprint density at radius 3 is 2.52 bits per heavy atom. The number of carbonyl (C=O) groups excluding carboxylic acids is 1. The van der Waals surface area contributed by atoms with Crippen molar-refractivity contribution in [1.82, 2.24) is 9.78 Å². The highest BCUT2D eigenvalue weighted by molar-refractivity contribution is 7.98. The molecule has 0 atom stereocenters. The van der Waals surface area contributed by atoms with Gasteiger partial charge in [0.05, 0.1) is 11.4 Å². The van der Waals surface area contributed by atoms with Gasteiger partial charge in [-0.25, -0.2) is 9.07 Å². The van der Waals surface area contributed by atoms with E-state index in [9.17, 15) is 9.18 Å². The lowest BCUT2D eigenvalue weighted by Crippen LogP contribution is -2.16. The molecule has 0 unspecified atom stereocenters. The first-order valence-corrected chi connectivity index (χ1v) is 8.99. The zero-order valence-corrected chi connectivity index (χ0v) is 15.0. The van der Waals surface area contributed by atoms with Gasteiger partial charge in [0.15, 0.2) is 0 Å². The molecule has 0 saturated carbocycles. The molecule has 0 fully saturated rings. The maximum Gasteiger partial charge on any atom is 0.257 e. The quantitative estimate of drug-likeness (QED) is 0.696. The molecule has 2 aromatic carbocycles. The van der Waals surface area contributed by atoms with Crippen molar-refractivity contribution < 1.29 is 9.18 Å². The van der Waals surface area contributed by atoms with Gasteiger partial charge in [-0.05, 0) is 62.1 Å². The minimum Gasteiger partial charge on any atom is -0.306 e. The van der Waals surface area contributed by atoms with Crippen LogP contribution in [0.1, 0.15) is 21.6 Å². The average Bonchev–Trinajstić information content (AvgIpc) is 2.96. The largest absolute Gasteiger partial charge is 0.306 e. The van der Waals surface area contributed by atoms with Crippen molar-refractivity contribution in [3.63, 3.8) is 0 Å². The normalized spacial score (nSPS) is 10.7. The molecule has 0 aliphatic heterocycles. The molecule has 25 heavy (non-hydrogen) atoms. The summed E-state index contributed by atoms with van der Waals surface area (Å²) in [6.45, 7) is 3.75. The molecule has 1 heterocycles. The van der Waals surface area contributed by atoms with E-state index in [0.29, 0.717) is 17.1 Å². The number of hydrogen-bond donors (Lipinski definition) is 1. The first-order chi connectivity index (χ1) is 12.0. The Hall–Kier alpha value is -2.60. The molecule has 6 heteroatoms. The van der Waals surface area contributed by atoms with Crippen LogP contribution in [-0.4, -0.2) is 21.9 Å². The molecule has 128 valence electrons. The second-order valence-corrected chi connectivity index (χ2v) is 6.57. The van der Waals surface area contributed by atoms with Gasteiger partial charge in [-0.3, -0.25) is 4.79 Å². The van der Waals surface area contributed by atoms with Crippen LogP contribution in [0, 0.1) is 19.7 Å². The maximum absolute atomic E-state index is 13.2. The van der Waals surface area contributed by atoms with Gasteiger partial charge in [-0.2, -0.15) is 5.10 Å². The number of anilines is 1. The number of carbonyl (C=O) groups is 1. The molecule has 3 rings (SSSR count). The maximum atomic E-state index is 13.2. The highest BCUT2D eigenvalue weighted by atomic mass is 32.2. The number of aryl methyl sites for hydroxylation is 2. The molecular weight excluding hydrogens is 337 g/mol. The number of hydrogen-bond acceptors (Lipinski definition) is 3. The number of aromatic nitrogens is 2. The SMILES string of the molecule is CSc1ccc(C)c(C(=O)Nc2cc(C)nn2-c2ccc(F)cc2)c1. The molecule has 4 nitrogen and oxygen atoms in total. The predicted octanol–water partition coefficient (Wildman–Crippen LogP) is 4.60. The fraction of sp³-hybridized carbons (Fsp3) is 0.158. The Balaban J connectivity index is 1.93. The van der Waals surface area contributed by atoms with Crippen LogP contribution in [0.2, 0.25) is 0 Å². The predicted molar refractivity (Wildman–Crippen MR) is 99.2 cm³/mol. The van der Waals surface area contributed by atoms with E-state index >= 15 is 0 Å². The van der Waals surface area contributed by atoms with Gasteiger partial charge >= 0.3 is 0 Å². The molecular formula is C19H18FN3OS. The van der Waals surface area contributed by atoms with E-state index in [0.717, 1.165) is 16.2 Å². The first-order valence-electron chi connectivity index (χ1n) is 7.76. The summed E-state index contributed by atoms with van der Waals surface area (Å²) < 4.78 is 14.8. The lowest BCUT2D eigenvalue weighted by Gasteiger charge is -2.11. The summed E-state index contributed by atoms with van der Waals surface area (Å²) in [6.07, 6.45) is 1.97. The van der Waals surface area contributed by atoms with Crippen molar-refractivity contribution in [3.05, 3.63) is 71.2 Å². The van der Waals surface area contributed by atoms with Crippen molar-refractivity contribution in [2.45, 2.75) is 18.7 Å². The van der Waals surface area contributed by atoms with Crippen molar-refractivity contribution in [2.75, 3.05) is 11.6 Å². The number of nitrogens with one attached hydrogen (secondary N) is 1. The van der Waals surface area contributed by atoms with E-state index in [1.165, 1.54) is 12.1 Å². The summed E-state index contributed by atoms with van der Waals surface area (Å²) in [7, 11) is 0. The highest BCUT2D eigenvalue weighted by Crippen LogP contribution is 2.22. The zero-order chi connectivity index (χ0) is 18.0. The van der Waals surface area contributed by atoms with Gasteiger partial charge in [0.1, 0.15) is 11.6 Å². The van der Waals surface area contributed by atoms with Crippen molar-refractivity contribution >= 4 is 23.5 Å². The van der Waals surface area contributed by atoms with Crippen LogP contribution in [0.15, 0.2) is 53.4 Å². The topological polar surface area (TPSA) is 46.9 Å². The average molecular weight is 355 g/mol. The fourth-order valence-electron chi connectivity index (χ4n) is 2.52. The van der Waals surface area contributed by atoms with E-state index in [1.54, 1.807) is 34.6 Å². The molecule has 3 aromatic rings. The highest BCUT2D eigenvalue weighted by Gasteiger charge is 2.14. The minimum atomic E-state index is -0.317. The van der Waals surface area contributed by atoms with Crippen LogP contribution >= 0.6 is 11.8 Å². The van der Waals surface area contributed by atoms with Gasteiger partial charge in [0.2, 0.25) is 0 Å². The van der Waals surface area contributed by atoms with Gasteiger partial charge in [-0.15, -0.1) is 11.8 Å². The third-order valence-corrected chi connectivity index (χ3v) is 4.56. The second kappa shape index (κ2) is 7.11. The van der Waals surface area contributed by atoms with Gasteiger partial charge < -0.3 is 5.32 Å². The Morgan fingerprint density at radius 1 is 1.12 bits per heavy atom. The van der Waals surface area contributed by atoms with E-state index in [1.807, 2.05) is 38.3 Å². The lowest BCUT2D eigenvalue weighted by molar-refractivity contribution is 0.102. The van der Waals surface area contributed by atoms with Gasteiger partial charge in [0.25, 0.3) is 5.91 Å². The fourth-order valence-corrected chi connectivity index (χ4v) is 2.96. The molecule has 0 radical (unpaired) electrons. The van der Waals surface area contributed by atoms with Crippen LogP contribution in [0.4, 0.5) is 10.2 Å². The van der Waals surface area contributed by atoms with Crippen molar-refractivity contribution in [1.29, 1.82) is 0 Å². The third kappa shape index (κ3) is 3.74. The van der Waals surface area contributed by atoms with Crippen LogP contribution in [0.3, 0.4) is 0 Å². The first kappa shape index (κ1) is 17.2. The molecule has 0 aliphatic carbocycles. The molecule has 1 aromatic heterocycles. The molecule has 1 N–H and O–H groups in total. The number of amides is 1. The van der Waals surface area contributed by atoms with Crippen LogP contribution in [-0.2, 0) is 0 Å². The molecule has 0 aliphatic rings. The third-order valence-electron chi connectivity index (χ3n) is 3.83. The molecule has 1 amide bonds. The van der Waals surface area contributed by atoms with E-state index in [4.69, 9.17) is 0 Å².